The number of benzene rings is 1. The molecule has 0 fully saturated rings. The van der Waals surface area contributed by atoms with Gasteiger partial charge in [0, 0.05) is 25.5 Å². The number of nitriles is 1. The lowest BCUT2D eigenvalue weighted by atomic mass is 10.1. The highest BCUT2D eigenvalue weighted by Crippen LogP contribution is 2.30. The van der Waals surface area contributed by atoms with Crippen LogP contribution < -0.4 is 9.80 Å². The predicted molar refractivity (Wildman–Crippen MR) is 81.1 cm³/mol. The molecule has 98 valence electrons. The van der Waals surface area contributed by atoms with E-state index >= 15 is 0 Å². The molecule has 5 heteroatoms. The normalized spacial score (nSPS) is 16.6. The molecule has 2 heterocycles. The first-order chi connectivity index (χ1) is 9.88. The molecule has 1 aromatic rings. The Morgan fingerprint density at radius 3 is 2.15 bits per heavy atom. The van der Waals surface area contributed by atoms with Crippen molar-refractivity contribution in [2.24, 2.45) is 9.98 Å². The third-order valence-corrected chi connectivity index (χ3v) is 3.12. The van der Waals surface area contributed by atoms with Gasteiger partial charge in [-0.15, -0.1) is 0 Å². The smallest absolute Gasteiger partial charge is 0.0992 e. The van der Waals surface area contributed by atoms with Crippen LogP contribution >= 0.6 is 0 Å². The molecule has 5 nitrogen and oxygen atoms in total. The maximum Gasteiger partial charge on any atom is 0.0992 e. The van der Waals surface area contributed by atoms with Crippen LogP contribution in [-0.2, 0) is 0 Å². The van der Waals surface area contributed by atoms with Gasteiger partial charge >= 0.3 is 0 Å². The van der Waals surface area contributed by atoms with Gasteiger partial charge < -0.3 is 9.80 Å². The van der Waals surface area contributed by atoms with E-state index in [-0.39, 0.29) is 0 Å². The maximum atomic E-state index is 9.09. The summed E-state index contributed by atoms with van der Waals surface area (Å²) in [6, 6.07) is 7.83. The number of rotatable bonds is 2. The zero-order valence-corrected chi connectivity index (χ0v) is 10.8. The Morgan fingerprint density at radius 2 is 1.60 bits per heavy atom. The first-order valence-electron chi connectivity index (χ1n) is 6.32. The summed E-state index contributed by atoms with van der Waals surface area (Å²) in [6.45, 7) is 1.51. The van der Waals surface area contributed by atoms with Crippen LogP contribution in [0.3, 0.4) is 0 Å². The molecular formula is C15H13N5. The van der Waals surface area contributed by atoms with Crippen LogP contribution in [0.1, 0.15) is 5.56 Å². The van der Waals surface area contributed by atoms with Crippen molar-refractivity contribution in [1.82, 2.24) is 0 Å². The lowest BCUT2D eigenvalue weighted by Gasteiger charge is -2.28. The van der Waals surface area contributed by atoms with Crippen LogP contribution in [0.2, 0.25) is 0 Å². The Morgan fingerprint density at radius 1 is 0.950 bits per heavy atom. The summed E-state index contributed by atoms with van der Waals surface area (Å²) in [5.74, 6) is 0. The third-order valence-electron chi connectivity index (χ3n) is 3.12. The molecule has 1 aromatic carbocycles. The molecule has 0 radical (unpaired) electrons. The van der Waals surface area contributed by atoms with Crippen molar-refractivity contribution in [3.63, 3.8) is 0 Å². The number of hydrogen-bond donors (Lipinski definition) is 0. The van der Waals surface area contributed by atoms with E-state index in [4.69, 9.17) is 5.26 Å². The van der Waals surface area contributed by atoms with Crippen LogP contribution in [0.4, 0.5) is 11.4 Å². The molecule has 0 atom stereocenters. The molecule has 0 bridgehead atoms. The lowest BCUT2D eigenvalue weighted by molar-refractivity contribution is 1.08. The van der Waals surface area contributed by atoms with E-state index in [9.17, 15) is 0 Å². The van der Waals surface area contributed by atoms with Gasteiger partial charge in [-0.05, 0) is 30.4 Å². The van der Waals surface area contributed by atoms with Gasteiger partial charge in [0.1, 0.15) is 0 Å². The fraction of sp³-hybridized carbons (Fsp3) is 0.133. The van der Waals surface area contributed by atoms with E-state index in [1.165, 1.54) is 0 Å². The Hall–Kier alpha value is -2.87. The average molecular weight is 263 g/mol. The van der Waals surface area contributed by atoms with E-state index in [1.54, 1.807) is 25.1 Å². The molecule has 0 amide bonds. The highest BCUT2D eigenvalue weighted by atomic mass is 15.2. The van der Waals surface area contributed by atoms with Gasteiger partial charge in [-0.1, -0.05) is 0 Å². The molecule has 2 aliphatic heterocycles. The van der Waals surface area contributed by atoms with Crippen molar-refractivity contribution in [2.45, 2.75) is 0 Å². The standard InChI is InChI=1S/C15H13N5/c16-10-13-3-4-14(19-7-1-5-17-11-19)15(9-13)20-8-2-6-18-12-20/h1-6,9,11-12H,7-8H2. The topological polar surface area (TPSA) is 55.0 Å². The molecular weight excluding hydrogens is 250 g/mol. The first kappa shape index (κ1) is 12.2. The van der Waals surface area contributed by atoms with E-state index in [0.29, 0.717) is 5.56 Å². The monoisotopic (exact) mass is 263 g/mol. The summed E-state index contributed by atoms with van der Waals surface area (Å²) >= 11 is 0. The van der Waals surface area contributed by atoms with Gasteiger partial charge in [0.2, 0.25) is 0 Å². The zero-order valence-electron chi connectivity index (χ0n) is 10.8. The van der Waals surface area contributed by atoms with Crippen LogP contribution in [0.5, 0.6) is 0 Å². The van der Waals surface area contributed by atoms with Crippen LogP contribution in [-0.4, -0.2) is 25.8 Å². The van der Waals surface area contributed by atoms with Gasteiger partial charge in [-0.25, -0.2) is 9.98 Å². The molecule has 3 rings (SSSR count). The minimum atomic E-state index is 0.635. The average Bonchev–Trinajstić information content (AvgIpc) is 2.56. The Balaban J connectivity index is 2.02. The van der Waals surface area contributed by atoms with Gasteiger partial charge in [-0.2, -0.15) is 5.26 Å². The van der Waals surface area contributed by atoms with Gasteiger partial charge in [-0.3, -0.25) is 0 Å². The molecule has 0 spiro atoms. The van der Waals surface area contributed by atoms with Crippen molar-refractivity contribution < 1.29 is 0 Å². The molecule has 0 saturated carbocycles. The summed E-state index contributed by atoms with van der Waals surface area (Å²) in [4.78, 5) is 12.4. The summed E-state index contributed by atoms with van der Waals surface area (Å²) in [5.41, 5.74) is 2.61. The van der Waals surface area contributed by atoms with E-state index in [0.717, 1.165) is 24.5 Å². The van der Waals surface area contributed by atoms with E-state index in [1.807, 2.05) is 40.2 Å². The highest BCUT2D eigenvalue weighted by Gasteiger charge is 2.15. The quantitative estimate of drug-likeness (QED) is 0.822. The number of hydrogen-bond acceptors (Lipinski definition) is 5. The number of anilines is 2. The minimum absolute atomic E-state index is 0.635. The minimum Gasteiger partial charge on any atom is -0.327 e. The second kappa shape index (κ2) is 5.41. The van der Waals surface area contributed by atoms with Gasteiger partial charge in [0.25, 0.3) is 0 Å². The zero-order chi connectivity index (χ0) is 13.8. The van der Waals surface area contributed by atoms with Gasteiger partial charge in [0.15, 0.2) is 0 Å². The SMILES string of the molecule is N#Cc1ccc(N2C=NC=CC2)c(N2C=NC=CC2)c1. The fourth-order valence-electron chi connectivity index (χ4n) is 2.16. The van der Waals surface area contributed by atoms with E-state index in [2.05, 4.69) is 16.1 Å². The van der Waals surface area contributed by atoms with Crippen LogP contribution in [0.15, 0.2) is 52.7 Å². The fourth-order valence-corrected chi connectivity index (χ4v) is 2.16. The number of nitrogens with zero attached hydrogens (tertiary/aromatic N) is 5. The molecule has 0 unspecified atom stereocenters. The van der Waals surface area contributed by atoms with Crippen molar-refractivity contribution in [2.75, 3.05) is 22.9 Å². The predicted octanol–water partition coefficient (Wildman–Crippen LogP) is 2.28. The Labute approximate surface area is 117 Å². The molecule has 0 aromatic heterocycles. The summed E-state index contributed by atoms with van der Waals surface area (Å²) < 4.78 is 0. The van der Waals surface area contributed by atoms with Crippen molar-refractivity contribution in [3.05, 3.63) is 48.3 Å². The molecule has 0 saturated heterocycles. The van der Waals surface area contributed by atoms with Gasteiger partial charge in [0.05, 0.1) is 35.7 Å². The Kier molecular flexibility index (Phi) is 3.29. The highest BCUT2D eigenvalue weighted by molar-refractivity contribution is 5.94. The molecule has 2 aliphatic rings. The first-order valence-corrected chi connectivity index (χ1v) is 6.32. The van der Waals surface area contributed by atoms with Crippen LogP contribution in [0.25, 0.3) is 0 Å². The van der Waals surface area contributed by atoms with Crippen molar-refractivity contribution in [3.8, 4) is 6.07 Å². The van der Waals surface area contributed by atoms with E-state index < -0.39 is 0 Å². The molecule has 20 heavy (non-hydrogen) atoms. The third kappa shape index (κ3) is 2.31. The number of aliphatic imine (C=N–C) groups is 2. The summed E-state index contributed by atoms with van der Waals surface area (Å²) in [5, 5.41) is 9.09. The molecule has 0 aliphatic carbocycles. The largest absolute Gasteiger partial charge is 0.327 e. The maximum absolute atomic E-state index is 9.09. The van der Waals surface area contributed by atoms with Crippen molar-refractivity contribution >= 4 is 24.1 Å². The summed E-state index contributed by atoms with van der Waals surface area (Å²) in [6.07, 6.45) is 11.1. The lowest BCUT2D eigenvalue weighted by Crippen LogP contribution is -2.29. The Bertz CT molecular complexity index is 663. The summed E-state index contributed by atoms with van der Waals surface area (Å²) in [7, 11) is 0. The van der Waals surface area contributed by atoms with Crippen molar-refractivity contribution in [1.29, 1.82) is 5.26 Å². The van der Waals surface area contributed by atoms with Crippen LogP contribution in [0, 0.1) is 11.3 Å². The second-order valence-corrected chi connectivity index (χ2v) is 4.42. The molecule has 0 N–H and O–H groups in total. The second-order valence-electron chi connectivity index (χ2n) is 4.42.